The van der Waals surface area contributed by atoms with Gasteiger partial charge in [-0.25, -0.2) is 13.6 Å². The molecule has 282 valence electrons. The summed E-state index contributed by atoms with van der Waals surface area (Å²) in [4.78, 5) is 14.1. The summed E-state index contributed by atoms with van der Waals surface area (Å²) >= 11 is 3.89. The second-order valence-electron chi connectivity index (χ2n) is 15.4. The quantitative estimate of drug-likeness (QED) is 0.158. The first-order chi connectivity index (χ1) is 23.0. The van der Waals surface area contributed by atoms with Crippen molar-refractivity contribution in [2.24, 2.45) is 22.7 Å². The lowest BCUT2D eigenvalue weighted by molar-refractivity contribution is -0.0710. The van der Waals surface area contributed by atoms with Crippen molar-refractivity contribution in [1.29, 1.82) is 0 Å². The Morgan fingerprint density at radius 2 is 1.82 bits per heavy atom. The van der Waals surface area contributed by atoms with E-state index in [0.29, 0.717) is 60.7 Å². The maximum atomic E-state index is 12.3. The molecule has 1 aromatic carbocycles. The molecular weight excluding hydrogens is 641 g/mol. The Bertz CT molecular complexity index is 1080. The van der Waals surface area contributed by atoms with Crippen LogP contribution in [0.1, 0.15) is 124 Å². The Hall–Kier alpha value is -1.36. The SMILES string of the molecule is CC.CCC(C)(C)C.CN(C)CCNC(=O)Oc1ccc2c(c1)CCC1C2CCC2(C)C(OCCO)CCC12.[B]C(CCCS)C(C)(F)F. The molecule has 0 heterocycles. The summed E-state index contributed by atoms with van der Waals surface area (Å²) in [5, 5.41) is 12.0. The third-order valence-corrected chi connectivity index (χ3v) is 10.8. The average molecular weight is 711 g/mol. The Labute approximate surface area is 305 Å². The number of ether oxygens (including phenoxy) is 2. The number of nitrogens with zero attached hydrogens (tertiary/aromatic N) is 1. The number of hydrogen-bond donors (Lipinski definition) is 3. The molecule has 0 bridgehead atoms. The predicted octanol–water partition coefficient (Wildman–Crippen LogP) is 9.35. The number of carbonyl (C=O) groups is 1. The van der Waals surface area contributed by atoms with E-state index in [0.717, 1.165) is 26.3 Å². The van der Waals surface area contributed by atoms with Crippen LogP contribution in [-0.2, 0) is 11.2 Å². The zero-order valence-electron chi connectivity index (χ0n) is 32.4. The number of benzene rings is 1. The van der Waals surface area contributed by atoms with Crippen molar-refractivity contribution >= 4 is 26.6 Å². The molecule has 6 atom stereocenters. The van der Waals surface area contributed by atoms with Gasteiger partial charge in [0.25, 0.3) is 0 Å². The number of aliphatic hydroxyl groups excluding tert-OH is 1. The highest BCUT2D eigenvalue weighted by atomic mass is 32.1. The summed E-state index contributed by atoms with van der Waals surface area (Å²) < 4.78 is 36.2. The van der Waals surface area contributed by atoms with Crippen LogP contribution >= 0.6 is 12.6 Å². The monoisotopic (exact) mass is 711 g/mol. The van der Waals surface area contributed by atoms with Gasteiger partial charge in [-0.2, -0.15) is 12.6 Å². The molecule has 4 rings (SSSR count). The van der Waals surface area contributed by atoms with E-state index < -0.39 is 11.7 Å². The number of aliphatic hydroxyl groups is 1. The number of fused-ring (bicyclic) bond motifs is 5. The number of halogens is 2. The van der Waals surface area contributed by atoms with E-state index in [4.69, 9.17) is 17.3 Å². The van der Waals surface area contributed by atoms with Gasteiger partial charge < -0.3 is 24.8 Å². The average Bonchev–Trinajstić information content (AvgIpc) is 3.38. The van der Waals surface area contributed by atoms with Crippen molar-refractivity contribution in [3.63, 3.8) is 0 Å². The molecular formula is C39H69BF2N2O4S. The fourth-order valence-corrected chi connectivity index (χ4v) is 7.31. The maximum absolute atomic E-state index is 12.3. The molecule has 6 unspecified atom stereocenters. The van der Waals surface area contributed by atoms with Crippen LogP contribution in [0.4, 0.5) is 13.6 Å². The normalized spacial score (nSPS) is 24.7. The molecule has 2 saturated carbocycles. The van der Waals surface area contributed by atoms with E-state index in [2.05, 4.69) is 64.7 Å². The number of likely N-dealkylation sites (N-methyl/N-ethyl adjacent to an activating group) is 1. The van der Waals surface area contributed by atoms with Crippen LogP contribution in [0.15, 0.2) is 18.2 Å². The minimum atomic E-state index is -2.75. The molecule has 1 amide bonds. The van der Waals surface area contributed by atoms with Gasteiger partial charge in [0.1, 0.15) is 5.75 Å². The zero-order valence-corrected chi connectivity index (χ0v) is 33.3. The lowest BCUT2D eigenvalue weighted by Gasteiger charge is -2.50. The highest BCUT2D eigenvalue weighted by Crippen LogP contribution is 2.61. The summed E-state index contributed by atoms with van der Waals surface area (Å²) in [6.07, 6.45) is 9.12. The predicted molar refractivity (Wildman–Crippen MR) is 205 cm³/mol. The van der Waals surface area contributed by atoms with E-state index in [9.17, 15) is 18.7 Å². The second kappa shape index (κ2) is 21.9. The second-order valence-corrected chi connectivity index (χ2v) is 15.9. The Balaban J connectivity index is 0.000000553. The van der Waals surface area contributed by atoms with Crippen molar-refractivity contribution in [3.05, 3.63) is 29.3 Å². The first-order valence-electron chi connectivity index (χ1n) is 18.7. The molecule has 0 spiro atoms. The number of rotatable bonds is 11. The Morgan fingerprint density at radius 3 is 2.37 bits per heavy atom. The van der Waals surface area contributed by atoms with Crippen molar-refractivity contribution < 1.29 is 28.2 Å². The van der Waals surface area contributed by atoms with Crippen LogP contribution in [-0.4, -0.2) is 82.1 Å². The van der Waals surface area contributed by atoms with E-state index in [1.54, 1.807) is 0 Å². The van der Waals surface area contributed by atoms with Gasteiger partial charge in [0.05, 0.1) is 27.2 Å². The summed E-state index contributed by atoms with van der Waals surface area (Å²) in [5.74, 6) is -0.511. The van der Waals surface area contributed by atoms with Gasteiger partial charge in [0.2, 0.25) is 5.92 Å². The number of amides is 1. The highest BCUT2D eigenvalue weighted by Gasteiger charge is 2.55. The molecule has 2 radical (unpaired) electrons. The molecule has 6 nitrogen and oxygen atoms in total. The van der Waals surface area contributed by atoms with Gasteiger partial charge in [-0.1, -0.05) is 67.4 Å². The molecule has 3 aliphatic rings. The van der Waals surface area contributed by atoms with E-state index in [1.165, 1.54) is 43.2 Å². The molecule has 3 aliphatic carbocycles. The fraction of sp³-hybridized carbons (Fsp3) is 0.821. The molecule has 0 aromatic heterocycles. The maximum Gasteiger partial charge on any atom is 0.412 e. The third-order valence-electron chi connectivity index (χ3n) is 10.4. The lowest BCUT2D eigenvalue weighted by Crippen LogP contribution is -2.44. The molecule has 1 aromatic rings. The van der Waals surface area contributed by atoms with Crippen molar-refractivity contribution in [3.8, 4) is 5.75 Å². The molecule has 2 fully saturated rings. The van der Waals surface area contributed by atoms with Gasteiger partial charge >= 0.3 is 6.09 Å². The van der Waals surface area contributed by atoms with E-state index >= 15 is 0 Å². The molecule has 0 aliphatic heterocycles. The minimum absolute atomic E-state index is 0.106. The van der Waals surface area contributed by atoms with Gasteiger partial charge in [-0.15, -0.1) is 0 Å². The molecule has 2 N–H and O–H groups in total. The third kappa shape index (κ3) is 15.0. The Kier molecular flexibility index (Phi) is 20.4. The van der Waals surface area contributed by atoms with E-state index in [-0.39, 0.29) is 24.2 Å². The number of hydrogen-bond acceptors (Lipinski definition) is 6. The number of aryl methyl sites for hydroxylation is 1. The molecule has 49 heavy (non-hydrogen) atoms. The van der Waals surface area contributed by atoms with Gasteiger partial charge in [0, 0.05) is 13.1 Å². The highest BCUT2D eigenvalue weighted by molar-refractivity contribution is 7.80. The lowest BCUT2D eigenvalue weighted by atomic mass is 9.55. The summed E-state index contributed by atoms with van der Waals surface area (Å²) in [5.41, 5.74) is 3.58. The minimum Gasteiger partial charge on any atom is -0.410 e. The summed E-state index contributed by atoms with van der Waals surface area (Å²) in [6.45, 7) is 18.1. The number of carbonyl (C=O) groups excluding carboxylic acids is 1. The van der Waals surface area contributed by atoms with Crippen LogP contribution in [0.3, 0.4) is 0 Å². The van der Waals surface area contributed by atoms with Crippen LogP contribution in [0.25, 0.3) is 0 Å². The summed E-state index contributed by atoms with van der Waals surface area (Å²) in [6, 6.07) is 6.24. The first kappa shape index (κ1) is 45.7. The zero-order chi connectivity index (χ0) is 37.4. The van der Waals surface area contributed by atoms with Crippen molar-refractivity contribution in [2.75, 3.05) is 46.2 Å². The smallest absolute Gasteiger partial charge is 0.410 e. The van der Waals surface area contributed by atoms with Crippen molar-refractivity contribution in [1.82, 2.24) is 10.2 Å². The van der Waals surface area contributed by atoms with Crippen LogP contribution in [0.5, 0.6) is 5.75 Å². The van der Waals surface area contributed by atoms with E-state index in [1.807, 2.05) is 38.9 Å². The topological polar surface area (TPSA) is 71.0 Å². The number of nitrogens with one attached hydrogen (secondary N) is 1. The molecule has 10 heteroatoms. The fourth-order valence-electron chi connectivity index (χ4n) is 7.13. The summed E-state index contributed by atoms with van der Waals surface area (Å²) in [7, 11) is 9.11. The van der Waals surface area contributed by atoms with Crippen molar-refractivity contribution in [2.45, 2.75) is 137 Å². The standard InChI is InChI=1S/C25H38N2O4.C6H11BF2S.C6H14.C2H6/c1-25-11-10-20-19-7-5-18(31-24(29)26-12-13-27(2)3)16-17(19)4-6-21(20)22(25)8-9-23(25)30-15-14-28;1-6(8,9)5(7)3-2-4-10;1-5-6(2,3)4;1-2/h5,7,16,20-23,28H,4,6,8-15H2,1-3H3,(H,26,29);5,10H,2-4H2,1H3;5H2,1-4H3;1-2H3. The largest absolute Gasteiger partial charge is 0.412 e. The van der Waals surface area contributed by atoms with Gasteiger partial charge in [-0.3, -0.25) is 0 Å². The number of alkyl halides is 2. The first-order valence-corrected chi connectivity index (χ1v) is 19.3. The number of thiol groups is 1. The molecule has 0 saturated heterocycles. The van der Waals surface area contributed by atoms with Gasteiger partial charge in [0.15, 0.2) is 0 Å². The van der Waals surface area contributed by atoms with Crippen LogP contribution in [0.2, 0.25) is 5.82 Å². The van der Waals surface area contributed by atoms with Crippen LogP contribution in [0, 0.1) is 22.7 Å². The Morgan fingerprint density at radius 1 is 1.16 bits per heavy atom. The van der Waals surface area contributed by atoms with Gasteiger partial charge in [-0.05, 0) is 129 Å². The van der Waals surface area contributed by atoms with Crippen LogP contribution < -0.4 is 10.1 Å².